The van der Waals surface area contributed by atoms with E-state index in [-0.39, 0.29) is 0 Å². The van der Waals surface area contributed by atoms with Crippen LogP contribution in [0.15, 0.2) is 0 Å². The van der Waals surface area contributed by atoms with E-state index < -0.39 is 27.8 Å². The lowest BCUT2D eigenvalue weighted by Crippen LogP contribution is -2.47. The fraction of sp³-hybridized carbons (Fsp3) is 0. The van der Waals surface area contributed by atoms with Gasteiger partial charge in [0.1, 0.15) is 4.52 Å². The summed E-state index contributed by atoms with van der Waals surface area (Å²) in [5, 5.41) is 15.9. The van der Waals surface area contributed by atoms with Gasteiger partial charge >= 0.3 is 18.2 Å². The molecular formula is H3N3O8S2. The van der Waals surface area contributed by atoms with Crippen molar-refractivity contribution in [1.82, 2.24) is 10.1 Å². The normalized spacial score (nSPS) is 12.5. The molecule has 0 aromatic heterocycles. The van der Waals surface area contributed by atoms with Gasteiger partial charge in [0, 0.05) is 0 Å². The summed E-state index contributed by atoms with van der Waals surface area (Å²) in [6.07, 6.45) is 0. The second-order valence-electron chi connectivity index (χ2n) is 1.47. The van der Waals surface area contributed by atoms with E-state index in [1.165, 1.54) is 0 Å². The Balaban J connectivity index is 5.42. The summed E-state index contributed by atoms with van der Waals surface area (Å²) in [5.74, 6) is 0. The maximum absolute atomic E-state index is 10.4. The molecule has 0 rings (SSSR count). The number of hydrogen-bond donors (Lipinski definition) is 3. The number of nitrogens with one attached hydrogen (secondary N) is 1. The summed E-state index contributed by atoms with van der Waals surface area (Å²) in [6.45, 7) is 0. The van der Waals surface area contributed by atoms with Crippen LogP contribution in [-0.2, 0) is 18.2 Å². The average Bonchev–Trinajstić information content (AvgIpc) is 1.83. The van der Waals surface area contributed by atoms with Gasteiger partial charge in [0.2, 0.25) is 0 Å². The van der Waals surface area contributed by atoms with Crippen molar-refractivity contribution in [2.24, 2.45) is 0 Å². The Labute approximate surface area is 70.8 Å². The van der Waals surface area contributed by atoms with E-state index in [0.717, 1.165) is 0 Å². The van der Waals surface area contributed by atoms with Crippen LogP contribution in [-0.4, -0.2) is 36.2 Å². The average molecular weight is 237 g/mol. The van der Waals surface area contributed by atoms with Crippen LogP contribution < -0.4 is 5.59 Å². The van der Waals surface area contributed by atoms with Crippen molar-refractivity contribution in [3.8, 4) is 0 Å². The molecular weight excluding hydrogens is 234 g/mol. The molecule has 0 saturated carbocycles. The summed E-state index contributed by atoms with van der Waals surface area (Å²) in [6, 6.07) is 0. The van der Waals surface area contributed by atoms with Crippen LogP contribution in [0.1, 0.15) is 0 Å². The molecule has 0 aromatic carbocycles. The molecule has 0 aromatic rings. The molecule has 0 amide bonds. The highest BCUT2D eigenvalue weighted by Gasteiger charge is 2.42. The molecule has 3 N–H and O–H groups in total. The van der Waals surface area contributed by atoms with Crippen molar-refractivity contribution in [2.45, 2.75) is 0 Å². The predicted molar refractivity (Wildman–Crippen MR) is 34.2 cm³/mol. The van der Waals surface area contributed by atoms with Gasteiger partial charge in [0.15, 0.2) is 5.03 Å². The topological polar surface area (TPSA) is 167 Å². The van der Waals surface area contributed by atoms with Gasteiger partial charge in [0.25, 0.3) is 0 Å². The van der Waals surface area contributed by atoms with Gasteiger partial charge < -0.3 is 0 Å². The van der Waals surface area contributed by atoms with Crippen LogP contribution in [0.5, 0.6) is 0 Å². The van der Waals surface area contributed by atoms with Crippen LogP contribution in [0.3, 0.4) is 0 Å². The number of hydrazine groups is 2. The Morgan fingerprint density at radius 3 is 1.77 bits per heavy atom. The third-order valence-corrected chi connectivity index (χ3v) is 3.90. The van der Waals surface area contributed by atoms with E-state index in [1.54, 1.807) is 0 Å². The number of nitrogens with zero attached hydrogens (tertiary/aromatic N) is 2. The third-order valence-electron chi connectivity index (χ3n) is 0.712. The van der Waals surface area contributed by atoms with E-state index in [4.69, 9.17) is 9.76 Å². The van der Waals surface area contributed by atoms with E-state index in [2.05, 4.69) is 0 Å². The van der Waals surface area contributed by atoms with Crippen molar-refractivity contribution >= 4 is 18.2 Å². The molecule has 0 atom stereocenters. The molecule has 0 unspecified atom stereocenters. The molecule has 0 aliphatic rings. The maximum Gasteiger partial charge on any atom is 0.432 e. The number of hydrogen-bond acceptors (Lipinski definition) is 8. The van der Waals surface area contributed by atoms with Gasteiger partial charge in [-0.3, -0.25) is 9.76 Å². The zero-order valence-electron chi connectivity index (χ0n) is 5.55. The van der Waals surface area contributed by atoms with Crippen molar-refractivity contribution in [3.05, 3.63) is 10.1 Å². The fourth-order valence-electron chi connectivity index (χ4n) is 0.257. The Kier molecular flexibility index (Phi) is 3.12. The monoisotopic (exact) mass is 237 g/mol. The van der Waals surface area contributed by atoms with Crippen molar-refractivity contribution in [1.29, 1.82) is 0 Å². The Bertz CT molecular complexity index is 387. The zero-order valence-corrected chi connectivity index (χ0v) is 7.19. The summed E-state index contributed by atoms with van der Waals surface area (Å²) in [5.41, 5.74) is 0.455. The second-order valence-corrected chi connectivity index (χ2v) is 6.05. The van der Waals surface area contributed by atoms with Gasteiger partial charge in [-0.2, -0.15) is 16.8 Å². The molecule has 11 nitrogen and oxygen atoms in total. The van der Waals surface area contributed by atoms with E-state index in [9.17, 15) is 26.9 Å². The summed E-state index contributed by atoms with van der Waals surface area (Å²) in [7, 11) is -11.4. The minimum Gasteiger partial charge on any atom is -0.292 e. The predicted octanol–water partition coefficient (Wildman–Crippen LogP) is -2.49. The van der Waals surface area contributed by atoms with Gasteiger partial charge in [0.05, 0.1) is 0 Å². The number of rotatable bonds is 4. The number of nitro groups is 1. The quantitative estimate of drug-likeness (QED) is 0.207. The van der Waals surface area contributed by atoms with Gasteiger partial charge in [-0.15, -0.1) is 0 Å². The standard InChI is InChI=1S/H3N3O8S2/c4-1-2(3(5)6)12(7,8)13(9,10)11/h1,4H,(H,9,10,11). The lowest BCUT2D eigenvalue weighted by Gasteiger charge is -2.07. The molecule has 0 heterocycles. The molecule has 0 aliphatic carbocycles. The lowest BCUT2D eigenvalue weighted by atomic mass is 12.4. The highest BCUT2D eigenvalue weighted by Crippen LogP contribution is 2.04. The van der Waals surface area contributed by atoms with E-state index >= 15 is 0 Å². The highest BCUT2D eigenvalue weighted by molar-refractivity contribution is 8.63. The molecule has 78 valence electrons. The zero-order chi connectivity index (χ0) is 10.9. The molecule has 0 fully saturated rings. The molecule has 0 saturated heterocycles. The second kappa shape index (κ2) is 3.38. The van der Waals surface area contributed by atoms with E-state index in [0.29, 0.717) is 5.59 Å². The molecule has 0 aliphatic heterocycles. The minimum atomic E-state index is -5.72. The van der Waals surface area contributed by atoms with Crippen molar-refractivity contribution in [3.63, 3.8) is 0 Å². The molecule has 13 heteroatoms. The maximum atomic E-state index is 10.4. The van der Waals surface area contributed by atoms with Crippen LogP contribution >= 0.6 is 0 Å². The molecule has 0 spiro atoms. The summed E-state index contributed by atoms with van der Waals surface area (Å²) < 4.78 is 47.7. The van der Waals surface area contributed by atoms with Crippen LogP contribution in [0.25, 0.3) is 0 Å². The largest absolute Gasteiger partial charge is 0.432 e. The lowest BCUT2D eigenvalue weighted by molar-refractivity contribution is -0.645. The van der Waals surface area contributed by atoms with Crippen LogP contribution in [0.2, 0.25) is 0 Å². The Morgan fingerprint density at radius 1 is 1.31 bits per heavy atom. The molecule has 0 bridgehead atoms. The summed E-state index contributed by atoms with van der Waals surface area (Å²) in [4.78, 5) is 9.78. The van der Waals surface area contributed by atoms with Gasteiger partial charge in [-0.1, -0.05) is 0 Å². The third kappa shape index (κ3) is 2.22. The first kappa shape index (κ1) is 12.0. The fourth-order valence-corrected chi connectivity index (χ4v) is 1.50. The van der Waals surface area contributed by atoms with Crippen molar-refractivity contribution < 1.29 is 31.6 Å². The van der Waals surface area contributed by atoms with Gasteiger partial charge in [-0.25, -0.2) is 10.1 Å². The minimum absolute atomic E-state index is 0.455. The molecule has 13 heavy (non-hydrogen) atoms. The highest BCUT2D eigenvalue weighted by atomic mass is 33.2. The van der Waals surface area contributed by atoms with Crippen LogP contribution in [0.4, 0.5) is 0 Å². The van der Waals surface area contributed by atoms with Crippen LogP contribution in [0, 0.1) is 10.1 Å². The Morgan fingerprint density at radius 2 is 1.69 bits per heavy atom. The Hall–Kier alpha value is -1.02. The molecule has 0 radical (unpaired) electrons. The first-order valence-electron chi connectivity index (χ1n) is 2.21. The van der Waals surface area contributed by atoms with Crippen molar-refractivity contribution in [2.75, 3.05) is 0 Å². The smallest absolute Gasteiger partial charge is 0.292 e. The first-order chi connectivity index (χ1) is 5.64. The SMILES string of the molecule is O=[N+]([O-])N(NO)S(=O)(=O)S(=O)(=O)O. The summed E-state index contributed by atoms with van der Waals surface area (Å²) >= 11 is 0. The first-order valence-corrected chi connectivity index (χ1v) is 5.61. The van der Waals surface area contributed by atoms with Gasteiger partial charge in [-0.05, 0) is 5.59 Å². The van der Waals surface area contributed by atoms with E-state index in [1.807, 2.05) is 0 Å².